The molecule has 0 saturated carbocycles. The number of carbonyl (C=O) groups is 1. The summed E-state index contributed by atoms with van der Waals surface area (Å²) < 4.78 is 6.41. The van der Waals surface area contributed by atoms with Crippen molar-refractivity contribution in [2.24, 2.45) is 5.41 Å². The van der Waals surface area contributed by atoms with Crippen LogP contribution in [0.5, 0.6) is 0 Å². The fourth-order valence-electron chi connectivity index (χ4n) is 6.33. The number of carbonyl (C=O) groups excluding carboxylic acids is 1. The summed E-state index contributed by atoms with van der Waals surface area (Å²) in [6.45, 7) is 17.1. The molecule has 1 amide bonds. The van der Waals surface area contributed by atoms with Gasteiger partial charge in [0.15, 0.2) is 5.82 Å². The van der Waals surface area contributed by atoms with Gasteiger partial charge in [-0.2, -0.15) is 5.26 Å². The summed E-state index contributed by atoms with van der Waals surface area (Å²) in [7, 11) is 0. The Morgan fingerprint density at radius 1 is 1.19 bits per heavy atom. The number of rotatable bonds is 4. The highest BCUT2D eigenvalue weighted by molar-refractivity contribution is 6.03. The van der Waals surface area contributed by atoms with E-state index < -0.39 is 11.4 Å². The van der Waals surface area contributed by atoms with E-state index in [1.54, 1.807) is 0 Å². The highest BCUT2D eigenvalue weighted by Gasteiger charge is 2.61. The van der Waals surface area contributed by atoms with Crippen molar-refractivity contribution in [1.82, 2.24) is 9.97 Å². The number of nitriles is 1. The molecular formula is C29H33N5O2. The molecule has 2 aromatic rings. The number of nitrogens with zero attached hydrogens (tertiary/aromatic N) is 3. The predicted molar refractivity (Wildman–Crippen MR) is 138 cm³/mol. The third kappa shape index (κ3) is 4.33. The molecule has 2 bridgehead atoms. The molecule has 2 fully saturated rings. The molecule has 2 aliphatic heterocycles. The second-order valence-corrected chi connectivity index (χ2v) is 12.1. The molecule has 1 aliphatic carbocycles. The highest BCUT2D eigenvalue weighted by atomic mass is 16.5. The predicted octanol–water partition coefficient (Wildman–Crippen LogP) is 6.36. The van der Waals surface area contributed by atoms with Crippen LogP contribution in [0.2, 0.25) is 0 Å². The van der Waals surface area contributed by atoms with Gasteiger partial charge < -0.3 is 19.9 Å². The Balaban J connectivity index is 1.55. The van der Waals surface area contributed by atoms with E-state index in [1.807, 2.05) is 18.2 Å². The quantitative estimate of drug-likeness (QED) is 0.495. The van der Waals surface area contributed by atoms with Gasteiger partial charge in [-0.05, 0) is 75.1 Å². The smallest absolute Gasteiger partial charge is 0.291 e. The van der Waals surface area contributed by atoms with E-state index in [0.717, 1.165) is 43.2 Å². The van der Waals surface area contributed by atoms with Crippen molar-refractivity contribution in [2.75, 3.05) is 5.32 Å². The number of anilines is 1. The summed E-state index contributed by atoms with van der Waals surface area (Å²) in [5.74, 6) is -0.300. The lowest BCUT2D eigenvalue weighted by Gasteiger charge is -2.42. The van der Waals surface area contributed by atoms with Crippen molar-refractivity contribution in [3.63, 3.8) is 0 Å². The van der Waals surface area contributed by atoms with Crippen LogP contribution in [0.25, 0.3) is 10.4 Å². The average Bonchev–Trinajstić information content (AvgIpc) is 3.41. The Hall–Kier alpha value is -3.42. The number of hydrogen-bond acceptors (Lipinski definition) is 4. The summed E-state index contributed by atoms with van der Waals surface area (Å²) in [6, 6.07) is 8.00. The molecular weight excluding hydrogens is 450 g/mol. The maximum Gasteiger partial charge on any atom is 0.291 e. The Morgan fingerprint density at radius 3 is 2.50 bits per heavy atom. The Morgan fingerprint density at radius 2 is 1.92 bits per heavy atom. The molecule has 3 heterocycles. The monoisotopic (exact) mass is 483 g/mol. The van der Waals surface area contributed by atoms with Gasteiger partial charge >= 0.3 is 0 Å². The lowest BCUT2D eigenvalue weighted by Crippen LogP contribution is -2.47. The molecule has 7 heteroatoms. The molecule has 1 aromatic carbocycles. The molecule has 0 radical (unpaired) electrons. The number of H-pyrrole nitrogens is 1. The van der Waals surface area contributed by atoms with E-state index in [0.29, 0.717) is 18.5 Å². The van der Waals surface area contributed by atoms with Crippen LogP contribution >= 0.6 is 0 Å². The lowest BCUT2D eigenvalue weighted by atomic mass is 9.72. The van der Waals surface area contributed by atoms with E-state index in [9.17, 15) is 4.79 Å². The minimum absolute atomic E-state index is 0.0971. The van der Waals surface area contributed by atoms with Crippen molar-refractivity contribution >= 4 is 17.2 Å². The first kappa shape index (κ1) is 24.3. The number of aromatic amines is 1. The molecule has 36 heavy (non-hydrogen) atoms. The maximum absolute atomic E-state index is 13.0. The molecule has 3 atom stereocenters. The van der Waals surface area contributed by atoms with Crippen LogP contribution in [0.4, 0.5) is 5.69 Å². The Labute approximate surface area is 212 Å². The van der Waals surface area contributed by atoms with Crippen LogP contribution in [0, 0.1) is 23.3 Å². The van der Waals surface area contributed by atoms with E-state index >= 15 is 0 Å². The summed E-state index contributed by atoms with van der Waals surface area (Å²) in [6.07, 6.45) is 9.82. The number of aromatic nitrogens is 2. The number of hydrogen-bond donors (Lipinski definition) is 2. The molecule has 2 saturated heterocycles. The van der Waals surface area contributed by atoms with Crippen LogP contribution in [0.15, 0.2) is 30.5 Å². The third-order valence-corrected chi connectivity index (χ3v) is 8.26. The summed E-state index contributed by atoms with van der Waals surface area (Å²) in [5.41, 5.74) is 3.06. The number of nitrogens with one attached hydrogen (secondary N) is 2. The summed E-state index contributed by atoms with van der Waals surface area (Å²) in [5, 5.41) is 12.1. The first-order chi connectivity index (χ1) is 17.0. The van der Waals surface area contributed by atoms with E-state index in [4.69, 9.17) is 16.6 Å². The van der Waals surface area contributed by atoms with Crippen molar-refractivity contribution in [2.45, 2.75) is 89.4 Å². The number of imidazole rings is 1. The number of ether oxygens (including phenoxy) is 1. The summed E-state index contributed by atoms with van der Waals surface area (Å²) in [4.78, 5) is 24.0. The first-order valence-electron chi connectivity index (χ1n) is 12.7. The fourth-order valence-corrected chi connectivity index (χ4v) is 6.33. The van der Waals surface area contributed by atoms with Crippen LogP contribution in [0.3, 0.4) is 0 Å². The number of benzene rings is 1. The zero-order valence-electron chi connectivity index (χ0n) is 21.5. The minimum Gasteiger partial charge on any atom is -0.368 e. The van der Waals surface area contributed by atoms with Crippen molar-refractivity contribution in [3.8, 4) is 6.07 Å². The molecule has 0 spiro atoms. The lowest BCUT2D eigenvalue weighted by molar-refractivity contribution is -0.140. The molecule has 5 rings (SSSR count). The number of fused-ring (bicyclic) bond motifs is 2. The van der Waals surface area contributed by atoms with Gasteiger partial charge in [-0.15, -0.1) is 0 Å². The average molecular weight is 484 g/mol. The van der Waals surface area contributed by atoms with Gasteiger partial charge in [0.1, 0.15) is 11.8 Å². The standard InChI is InChI=1S/C29H33N5O2/c1-26(2)10-8-19(9-11-26)22-14-20(29(31-5)17-27(3)12-13-28(4,18-29)36-27)6-7-23(22)34-25(35)24-32-16-21(15-30)33-24/h6-8,14,16H,9-13,17-18H2,1-4H3,(H,32,33)(H,34,35)/t27-,28+,29?. The molecule has 7 nitrogen and oxygen atoms in total. The van der Waals surface area contributed by atoms with Gasteiger partial charge in [-0.1, -0.05) is 19.9 Å². The minimum atomic E-state index is -0.660. The van der Waals surface area contributed by atoms with Crippen LogP contribution < -0.4 is 5.32 Å². The molecule has 1 aromatic heterocycles. The maximum atomic E-state index is 13.0. The van der Waals surface area contributed by atoms with E-state index in [2.05, 4.69) is 60.0 Å². The van der Waals surface area contributed by atoms with Crippen molar-refractivity contribution in [3.05, 3.63) is 64.5 Å². The SMILES string of the molecule is [C-]#[N+]C1(c2ccc(NC(=O)c3ncc(C#N)[nH]3)c(C3=CCC(C)(C)CC3)c2)C[C@]2(C)CC[C@](C)(C1)O2. The van der Waals surface area contributed by atoms with Crippen molar-refractivity contribution < 1.29 is 9.53 Å². The van der Waals surface area contributed by atoms with Gasteiger partial charge in [0.25, 0.3) is 11.4 Å². The Bertz CT molecular complexity index is 1320. The molecule has 186 valence electrons. The molecule has 1 unspecified atom stereocenters. The van der Waals surface area contributed by atoms with Gasteiger partial charge in [0.2, 0.25) is 0 Å². The number of allylic oxidation sites excluding steroid dienone is 2. The first-order valence-corrected chi connectivity index (χ1v) is 12.7. The Kier molecular flexibility index (Phi) is 5.61. The topological polar surface area (TPSA) is 95.2 Å². The second-order valence-electron chi connectivity index (χ2n) is 12.1. The second kappa shape index (κ2) is 8.32. The number of amides is 1. The zero-order valence-corrected chi connectivity index (χ0v) is 21.5. The summed E-state index contributed by atoms with van der Waals surface area (Å²) >= 11 is 0. The normalized spacial score (nSPS) is 30.7. The van der Waals surface area contributed by atoms with Crippen LogP contribution in [-0.4, -0.2) is 27.1 Å². The van der Waals surface area contributed by atoms with Crippen LogP contribution in [-0.2, 0) is 10.3 Å². The van der Waals surface area contributed by atoms with Gasteiger partial charge in [-0.3, -0.25) is 4.79 Å². The largest absolute Gasteiger partial charge is 0.368 e. The van der Waals surface area contributed by atoms with Gasteiger partial charge in [-0.25, -0.2) is 11.6 Å². The molecule has 3 aliphatic rings. The molecule has 2 N–H and O–H groups in total. The highest BCUT2D eigenvalue weighted by Crippen LogP contribution is 2.57. The van der Waals surface area contributed by atoms with Crippen LogP contribution in [0.1, 0.15) is 100 Å². The van der Waals surface area contributed by atoms with Gasteiger partial charge in [0, 0.05) is 16.8 Å². The third-order valence-electron chi connectivity index (χ3n) is 8.26. The zero-order chi connectivity index (χ0) is 25.8. The van der Waals surface area contributed by atoms with E-state index in [-0.39, 0.29) is 28.1 Å². The fraction of sp³-hybridized carbons (Fsp3) is 0.517. The van der Waals surface area contributed by atoms with Crippen molar-refractivity contribution in [1.29, 1.82) is 5.26 Å². The van der Waals surface area contributed by atoms with E-state index in [1.165, 1.54) is 11.8 Å². The van der Waals surface area contributed by atoms with Gasteiger partial charge in [0.05, 0.1) is 30.2 Å².